The average Bonchev–Trinajstić information content (AvgIpc) is 2.74. The van der Waals surface area contributed by atoms with Gasteiger partial charge in [-0.25, -0.2) is 0 Å². The molecule has 4 heteroatoms. The van der Waals surface area contributed by atoms with Crippen molar-refractivity contribution in [1.82, 2.24) is 10.1 Å². The number of nitrogens with zero attached hydrogens (tertiary/aromatic N) is 2. The quantitative estimate of drug-likeness (QED) is 0.883. The molecular formula is C14H19N3O. The fourth-order valence-electron chi connectivity index (χ4n) is 1.78. The summed E-state index contributed by atoms with van der Waals surface area (Å²) in [5.74, 6) is 1.06. The number of rotatable bonds is 2. The Morgan fingerprint density at radius 1 is 1.17 bits per heavy atom. The molecule has 0 aliphatic rings. The highest BCUT2D eigenvalue weighted by Crippen LogP contribution is 2.24. The Morgan fingerprint density at radius 2 is 1.78 bits per heavy atom. The molecule has 0 saturated carbocycles. The molecule has 0 fully saturated rings. The molecule has 1 aromatic heterocycles. The summed E-state index contributed by atoms with van der Waals surface area (Å²) in [4.78, 5) is 4.16. The van der Waals surface area contributed by atoms with Crippen LogP contribution in [0.4, 0.5) is 0 Å². The third kappa shape index (κ3) is 2.59. The van der Waals surface area contributed by atoms with Crippen LogP contribution in [0.2, 0.25) is 0 Å². The van der Waals surface area contributed by atoms with Crippen molar-refractivity contribution in [3.8, 4) is 0 Å². The van der Waals surface area contributed by atoms with Crippen LogP contribution in [0.3, 0.4) is 0 Å². The second-order valence-corrected chi connectivity index (χ2v) is 5.52. The predicted molar refractivity (Wildman–Crippen MR) is 70.2 cm³/mol. The van der Waals surface area contributed by atoms with Gasteiger partial charge >= 0.3 is 0 Å². The van der Waals surface area contributed by atoms with E-state index in [0.717, 1.165) is 5.56 Å². The standard InChI is InChI=1S/C14H19N3O/c1-9-16-13(17-18-9)12(15)10-5-7-11(8-6-10)14(2,3)4/h5-8,12H,15H2,1-4H3. The molecule has 2 rings (SSSR count). The van der Waals surface area contributed by atoms with Gasteiger partial charge in [0.2, 0.25) is 5.89 Å². The SMILES string of the molecule is Cc1nc(C(N)c2ccc(C(C)(C)C)cc2)no1. The van der Waals surface area contributed by atoms with Crippen LogP contribution in [0.15, 0.2) is 28.8 Å². The molecule has 0 aliphatic heterocycles. The predicted octanol–water partition coefficient (Wildman–Crippen LogP) is 2.72. The first kappa shape index (κ1) is 12.8. The van der Waals surface area contributed by atoms with Gasteiger partial charge in [-0.2, -0.15) is 4.98 Å². The minimum absolute atomic E-state index is 0.144. The van der Waals surface area contributed by atoms with Crippen molar-refractivity contribution >= 4 is 0 Å². The van der Waals surface area contributed by atoms with E-state index in [0.29, 0.717) is 11.7 Å². The summed E-state index contributed by atoms with van der Waals surface area (Å²) >= 11 is 0. The van der Waals surface area contributed by atoms with Gasteiger partial charge in [-0.05, 0) is 16.5 Å². The maximum absolute atomic E-state index is 6.10. The lowest BCUT2D eigenvalue weighted by atomic mass is 9.86. The highest BCUT2D eigenvalue weighted by molar-refractivity contribution is 5.31. The first-order valence-electron chi connectivity index (χ1n) is 6.04. The third-order valence-corrected chi connectivity index (χ3v) is 2.96. The largest absolute Gasteiger partial charge is 0.340 e. The Hall–Kier alpha value is -1.68. The Kier molecular flexibility index (Phi) is 3.22. The number of hydrogen-bond acceptors (Lipinski definition) is 4. The van der Waals surface area contributed by atoms with Gasteiger partial charge in [0.25, 0.3) is 0 Å². The Morgan fingerprint density at radius 3 is 2.22 bits per heavy atom. The number of aryl methyl sites for hydroxylation is 1. The zero-order valence-corrected chi connectivity index (χ0v) is 11.3. The van der Waals surface area contributed by atoms with Gasteiger partial charge in [-0.3, -0.25) is 0 Å². The lowest BCUT2D eigenvalue weighted by molar-refractivity contribution is 0.385. The molecule has 4 nitrogen and oxygen atoms in total. The molecule has 0 aliphatic carbocycles. The summed E-state index contributed by atoms with van der Waals surface area (Å²) in [6.45, 7) is 8.31. The summed E-state index contributed by atoms with van der Waals surface area (Å²) in [6.07, 6.45) is 0. The molecule has 0 spiro atoms. The van der Waals surface area contributed by atoms with Crippen LogP contribution in [0, 0.1) is 6.92 Å². The minimum Gasteiger partial charge on any atom is -0.340 e. The molecular weight excluding hydrogens is 226 g/mol. The van der Waals surface area contributed by atoms with E-state index in [9.17, 15) is 0 Å². The summed E-state index contributed by atoms with van der Waals surface area (Å²) in [6, 6.07) is 7.91. The van der Waals surface area contributed by atoms with Crippen molar-refractivity contribution in [2.24, 2.45) is 5.73 Å². The van der Waals surface area contributed by atoms with Crippen molar-refractivity contribution in [1.29, 1.82) is 0 Å². The van der Waals surface area contributed by atoms with Gasteiger partial charge in [0.05, 0.1) is 6.04 Å². The fraction of sp³-hybridized carbons (Fsp3) is 0.429. The van der Waals surface area contributed by atoms with Gasteiger partial charge in [-0.1, -0.05) is 50.2 Å². The topological polar surface area (TPSA) is 64.9 Å². The summed E-state index contributed by atoms with van der Waals surface area (Å²) < 4.78 is 4.94. The van der Waals surface area contributed by atoms with Gasteiger partial charge < -0.3 is 10.3 Å². The van der Waals surface area contributed by atoms with E-state index < -0.39 is 0 Å². The number of hydrogen-bond donors (Lipinski definition) is 1. The zero-order valence-electron chi connectivity index (χ0n) is 11.3. The highest BCUT2D eigenvalue weighted by atomic mass is 16.5. The van der Waals surface area contributed by atoms with E-state index >= 15 is 0 Å². The number of nitrogens with two attached hydrogens (primary N) is 1. The Balaban J connectivity index is 2.24. The molecule has 0 amide bonds. The molecule has 0 saturated heterocycles. The normalized spacial score (nSPS) is 13.6. The van der Waals surface area contributed by atoms with Crippen molar-refractivity contribution in [2.75, 3.05) is 0 Å². The molecule has 2 N–H and O–H groups in total. The lowest BCUT2D eigenvalue weighted by Gasteiger charge is -2.19. The fourth-order valence-corrected chi connectivity index (χ4v) is 1.78. The summed E-state index contributed by atoms with van der Waals surface area (Å²) in [7, 11) is 0. The maximum atomic E-state index is 6.10. The van der Waals surface area contributed by atoms with Crippen molar-refractivity contribution in [3.63, 3.8) is 0 Å². The van der Waals surface area contributed by atoms with E-state index in [1.54, 1.807) is 6.92 Å². The number of benzene rings is 1. The molecule has 1 heterocycles. The van der Waals surface area contributed by atoms with Crippen molar-refractivity contribution in [2.45, 2.75) is 39.2 Å². The van der Waals surface area contributed by atoms with E-state index in [-0.39, 0.29) is 11.5 Å². The minimum atomic E-state index is -0.337. The second-order valence-electron chi connectivity index (χ2n) is 5.52. The summed E-state index contributed by atoms with van der Waals surface area (Å²) in [5, 5.41) is 3.85. The van der Waals surface area contributed by atoms with Gasteiger partial charge in [0.1, 0.15) is 0 Å². The average molecular weight is 245 g/mol. The highest BCUT2D eigenvalue weighted by Gasteiger charge is 2.17. The molecule has 96 valence electrons. The van der Waals surface area contributed by atoms with Crippen molar-refractivity contribution < 1.29 is 4.52 Å². The van der Waals surface area contributed by atoms with Crippen LogP contribution in [0.1, 0.15) is 49.7 Å². The van der Waals surface area contributed by atoms with Crippen molar-refractivity contribution in [3.05, 3.63) is 47.1 Å². The molecule has 18 heavy (non-hydrogen) atoms. The van der Waals surface area contributed by atoms with E-state index in [1.807, 2.05) is 12.1 Å². The molecule has 0 bridgehead atoms. The zero-order chi connectivity index (χ0) is 13.3. The van der Waals surface area contributed by atoms with E-state index in [1.165, 1.54) is 5.56 Å². The van der Waals surface area contributed by atoms with Gasteiger partial charge in [0, 0.05) is 6.92 Å². The monoisotopic (exact) mass is 245 g/mol. The Labute approximate surface area is 107 Å². The van der Waals surface area contributed by atoms with E-state index in [2.05, 4.69) is 43.0 Å². The third-order valence-electron chi connectivity index (χ3n) is 2.96. The first-order valence-corrected chi connectivity index (χ1v) is 6.04. The molecule has 1 unspecified atom stereocenters. The van der Waals surface area contributed by atoms with E-state index in [4.69, 9.17) is 10.3 Å². The second kappa shape index (κ2) is 4.53. The van der Waals surface area contributed by atoms with Gasteiger partial charge in [0.15, 0.2) is 5.82 Å². The molecule has 1 aromatic carbocycles. The van der Waals surface area contributed by atoms with Crippen LogP contribution in [-0.4, -0.2) is 10.1 Å². The smallest absolute Gasteiger partial charge is 0.223 e. The van der Waals surface area contributed by atoms with Crippen LogP contribution in [0.5, 0.6) is 0 Å². The van der Waals surface area contributed by atoms with Crippen LogP contribution in [-0.2, 0) is 5.41 Å². The molecule has 1 atom stereocenters. The van der Waals surface area contributed by atoms with Crippen LogP contribution >= 0.6 is 0 Å². The summed E-state index contributed by atoms with van der Waals surface area (Å²) in [5.41, 5.74) is 8.52. The molecule has 2 aromatic rings. The lowest BCUT2D eigenvalue weighted by Crippen LogP contribution is -2.15. The molecule has 0 radical (unpaired) electrons. The van der Waals surface area contributed by atoms with Crippen LogP contribution in [0.25, 0.3) is 0 Å². The van der Waals surface area contributed by atoms with Gasteiger partial charge in [-0.15, -0.1) is 0 Å². The van der Waals surface area contributed by atoms with Crippen LogP contribution < -0.4 is 5.73 Å². The number of aromatic nitrogens is 2. The maximum Gasteiger partial charge on any atom is 0.223 e. The Bertz CT molecular complexity index is 523. The first-order chi connectivity index (χ1) is 8.38.